The predicted octanol–water partition coefficient (Wildman–Crippen LogP) is 6.42. The summed E-state index contributed by atoms with van der Waals surface area (Å²) in [6.07, 6.45) is 1.51. The van der Waals surface area contributed by atoms with Crippen molar-refractivity contribution < 1.29 is 9.05 Å². The Morgan fingerprint density at radius 2 is 1.58 bits per heavy atom. The van der Waals surface area contributed by atoms with E-state index < -0.39 is 0 Å². The Morgan fingerprint density at radius 1 is 0.818 bits per heavy atom. The number of hydrazone groups is 1. The van der Waals surface area contributed by atoms with Gasteiger partial charge in [-0.15, -0.1) is 0 Å². The van der Waals surface area contributed by atoms with Gasteiger partial charge >= 0.3 is 0 Å². The van der Waals surface area contributed by atoms with Crippen LogP contribution in [0.2, 0.25) is 15.1 Å². The van der Waals surface area contributed by atoms with Gasteiger partial charge in [0.25, 0.3) is 0 Å². The summed E-state index contributed by atoms with van der Waals surface area (Å²) in [5, 5.41) is 16.2. The Bertz CT molecular complexity index is 1460. The van der Waals surface area contributed by atoms with E-state index in [1.54, 1.807) is 36.4 Å². The molecule has 9 nitrogen and oxygen atoms in total. The molecule has 164 valence electrons. The van der Waals surface area contributed by atoms with Crippen molar-refractivity contribution in [1.82, 2.24) is 20.3 Å². The van der Waals surface area contributed by atoms with Gasteiger partial charge in [-0.3, -0.25) is 5.43 Å². The van der Waals surface area contributed by atoms with E-state index in [1.807, 2.05) is 18.2 Å². The van der Waals surface area contributed by atoms with Crippen LogP contribution >= 0.6 is 34.8 Å². The Morgan fingerprint density at radius 3 is 2.33 bits per heavy atom. The molecule has 5 rings (SSSR count). The number of nitrogens with zero attached hydrogens (tertiary/aromatic N) is 5. The Balaban J connectivity index is 1.38. The standard InChI is InChI=1S/C21H12Cl3N7O2/c22-12-3-1-11(2-4-12)17-8-6-14(32-17)10-25-29-19-18(27-20-21(28-19)31-33-30-20)26-13-5-7-15(23)16(24)9-13/h1-10H,(H,26,27,30)(H,28,29,31). The van der Waals surface area contributed by atoms with Crippen molar-refractivity contribution in [2.24, 2.45) is 5.10 Å². The van der Waals surface area contributed by atoms with Crippen LogP contribution in [0, 0.1) is 0 Å². The molecular weight excluding hydrogens is 489 g/mol. The number of fused-ring (bicyclic) bond motifs is 1. The summed E-state index contributed by atoms with van der Waals surface area (Å²) in [6.45, 7) is 0. The molecule has 12 heteroatoms. The zero-order chi connectivity index (χ0) is 22.8. The highest BCUT2D eigenvalue weighted by Crippen LogP contribution is 2.29. The van der Waals surface area contributed by atoms with Crippen LogP contribution < -0.4 is 10.7 Å². The van der Waals surface area contributed by atoms with Crippen molar-refractivity contribution in [2.45, 2.75) is 0 Å². The van der Waals surface area contributed by atoms with Crippen molar-refractivity contribution in [1.29, 1.82) is 0 Å². The lowest BCUT2D eigenvalue weighted by molar-refractivity contribution is 0.314. The Hall–Kier alpha value is -3.66. The topological polar surface area (TPSA) is 114 Å². The molecule has 3 aromatic heterocycles. The van der Waals surface area contributed by atoms with E-state index in [-0.39, 0.29) is 17.1 Å². The summed E-state index contributed by atoms with van der Waals surface area (Å²) in [5.41, 5.74) is 4.82. The van der Waals surface area contributed by atoms with E-state index in [0.717, 1.165) is 5.56 Å². The molecule has 0 atom stereocenters. The van der Waals surface area contributed by atoms with Crippen LogP contribution in [0.5, 0.6) is 0 Å². The van der Waals surface area contributed by atoms with Crippen molar-refractivity contribution in [3.05, 3.63) is 75.4 Å². The molecule has 5 aromatic rings. The summed E-state index contributed by atoms with van der Waals surface area (Å²) in [6, 6.07) is 16.0. The SMILES string of the molecule is Clc1ccc(-c2ccc(C=NNc3nc4nonc4nc3Nc3ccc(Cl)c(Cl)c3)o2)cc1. The minimum Gasteiger partial charge on any atom is -0.455 e. The van der Waals surface area contributed by atoms with Gasteiger partial charge in [-0.2, -0.15) is 10.1 Å². The van der Waals surface area contributed by atoms with Crippen LogP contribution in [0.4, 0.5) is 17.3 Å². The maximum atomic E-state index is 6.10. The number of hydrogen-bond acceptors (Lipinski definition) is 9. The minimum atomic E-state index is 0.218. The summed E-state index contributed by atoms with van der Waals surface area (Å²) in [7, 11) is 0. The van der Waals surface area contributed by atoms with Crippen LogP contribution in [0.1, 0.15) is 5.76 Å². The second kappa shape index (κ2) is 9.07. The number of nitrogens with one attached hydrogen (secondary N) is 2. The highest BCUT2D eigenvalue weighted by Gasteiger charge is 2.13. The number of hydrogen-bond donors (Lipinski definition) is 2. The average Bonchev–Trinajstić information content (AvgIpc) is 3.46. The van der Waals surface area contributed by atoms with Gasteiger partial charge < -0.3 is 9.73 Å². The van der Waals surface area contributed by atoms with E-state index >= 15 is 0 Å². The molecule has 33 heavy (non-hydrogen) atoms. The van der Waals surface area contributed by atoms with Gasteiger partial charge in [-0.25, -0.2) is 9.61 Å². The third-order valence-corrected chi connectivity index (χ3v) is 5.41. The molecule has 0 spiro atoms. The number of anilines is 3. The van der Waals surface area contributed by atoms with E-state index in [4.69, 9.17) is 43.8 Å². The fourth-order valence-electron chi connectivity index (χ4n) is 2.86. The Labute approximate surface area is 201 Å². The van der Waals surface area contributed by atoms with E-state index in [9.17, 15) is 0 Å². The number of halogens is 3. The first-order chi connectivity index (χ1) is 16.0. The third-order valence-electron chi connectivity index (χ3n) is 4.41. The summed E-state index contributed by atoms with van der Waals surface area (Å²) < 4.78 is 10.5. The van der Waals surface area contributed by atoms with Gasteiger partial charge in [0.1, 0.15) is 11.5 Å². The van der Waals surface area contributed by atoms with Gasteiger partial charge in [0, 0.05) is 16.3 Å². The van der Waals surface area contributed by atoms with Crippen molar-refractivity contribution >= 4 is 69.6 Å². The first-order valence-corrected chi connectivity index (χ1v) is 10.6. The number of benzene rings is 2. The van der Waals surface area contributed by atoms with Crippen LogP contribution in [0.15, 0.2) is 68.7 Å². The zero-order valence-electron chi connectivity index (χ0n) is 16.5. The molecule has 2 aromatic carbocycles. The van der Waals surface area contributed by atoms with Gasteiger partial charge in [-0.05, 0) is 64.9 Å². The smallest absolute Gasteiger partial charge is 0.245 e. The fraction of sp³-hybridized carbons (Fsp3) is 0. The lowest BCUT2D eigenvalue weighted by Gasteiger charge is -2.09. The summed E-state index contributed by atoms with van der Waals surface area (Å²) >= 11 is 18.0. The number of furan rings is 1. The van der Waals surface area contributed by atoms with Crippen molar-refractivity contribution in [2.75, 3.05) is 10.7 Å². The lowest BCUT2D eigenvalue weighted by atomic mass is 10.2. The quantitative estimate of drug-likeness (QED) is 0.203. The van der Waals surface area contributed by atoms with Crippen LogP contribution in [0.3, 0.4) is 0 Å². The molecule has 0 aliphatic carbocycles. The second-order valence-corrected chi connectivity index (χ2v) is 7.92. The molecule has 0 saturated carbocycles. The molecule has 2 N–H and O–H groups in total. The van der Waals surface area contributed by atoms with Crippen molar-refractivity contribution in [3.63, 3.8) is 0 Å². The molecule has 0 bridgehead atoms. The first kappa shape index (κ1) is 21.2. The minimum absolute atomic E-state index is 0.218. The lowest BCUT2D eigenvalue weighted by Crippen LogP contribution is -2.03. The largest absolute Gasteiger partial charge is 0.455 e. The molecule has 0 fully saturated rings. The number of rotatable bonds is 6. The maximum absolute atomic E-state index is 6.10. The summed E-state index contributed by atoms with van der Waals surface area (Å²) in [4.78, 5) is 8.72. The van der Waals surface area contributed by atoms with Crippen LogP contribution in [0.25, 0.3) is 22.6 Å². The van der Waals surface area contributed by atoms with E-state index in [1.165, 1.54) is 6.21 Å². The van der Waals surface area contributed by atoms with E-state index in [0.29, 0.717) is 38.1 Å². The average molecular weight is 501 g/mol. The monoisotopic (exact) mass is 499 g/mol. The van der Waals surface area contributed by atoms with Gasteiger partial charge in [-0.1, -0.05) is 34.8 Å². The summed E-state index contributed by atoms with van der Waals surface area (Å²) in [5.74, 6) is 1.83. The van der Waals surface area contributed by atoms with Gasteiger partial charge in [0.15, 0.2) is 11.6 Å². The molecule has 0 aliphatic rings. The van der Waals surface area contributed by atoms with Crippen LogP contribution in [-0.4, -0.2) is 26.5 Å². The zero-order valence-corrected chi connectivity index (χ0v) is 18.7. The second-order valence-electron chi connectivity index (χ2n) is 6.67. The normalized spacial score (nSPS) is 11.4. The first-order valence-electron chi connectivity index (χ1n) is 9.42. The van der Waals surface area contributed by atoms with E-state index in [2.05, 4.69) is 36.1 Å². The molecule has 0 radical (unpaired) electrons. The highest BCUT2D eigenvalue weighted by atomic mass is 35.5. The van der Waals surface area contributed by atoms with Gasteiger partial charge in [0.05, 0.1) is 16.3 Å². The molecule has 0 amide bonds. The molecule has 0 saturated heterocycles. The molecule has 0 unspecified atom stereocenters. The molecular formula is C21H12Cl3N7O2. The fourth-order valence-corrected chi connectivity index (χ4v) is 3.29. The highest BCUT2D eigenvalue weighted by molar-refractivity contribution is 6.42. The van der Waals surface area contributed by atoms with Crippen molar-refractivity contribution in [3.8, 4) is 11.3 Å². The van der Waals surface area contributed by atoms with Gasteiger partial charge in [0.2, 0.25) is 11.3 Å². The molecule has 3 heterocycles. The maximum Gasteiger partial charge on any atom is 0.245 e. The predicted molar refractivity (Wildman–Crippen MR) is 128 cm³/mol. The number of aromatic nitrogens is 4. The molecule has 0 aliphatic heterocycles. The Kier molecular flexibility index (Phi) is 5.82. The van der Waals surface area contributed by atoms with Crippen LogP contribution in [-0.2, 0) is 0 Å². The third kappa shape index (κ3) is 4.75.